The number of ether oxygens (including phenoxy) is 4. The van der Waals surface area contributed by atoms with Gasteiger partial charge in [-0.2, -0.15) is 0 Å². The van der Waals surface area contributed by atoms with Gasteiger partial charge in [0.25, 0.3) is 0 Å². The van der Waals surface area contributed by atoms with Crippen molar-refractivity contribution >= 4 is 34.1 Å². The topological polar surface area (TPSA) is 216 Å². The normalized spacial score (nSPS) is 11.2. The molecule has 0 saturated heterocycles. The standard InChI is InChI=1S/C32H40FN9O7/c1-2-46-14-15-47-16-17-48-32(45)37-12-13-42(21-23-18-27(33)31(39-41-35)28(19-23)38-40-34)30(44)10-11-36-20-25(43)22-49-29-9-5-7-24-6-3-4-8-26(24)29/h3-9,18-19,25,36,43H,2,10-17,20-22H2,1H3,(H,37,45)/t25-/m0/s1. The van der Waals surface area contributed by atoms with Crippen LogP contribution >= 0.6 is 0 Å². The molecule has 0 unspecified atom stereocenters. The number of hydrogen-bond donors (Lipinski definition) is 3. The van der Waals surface area contributed by atoms with Crippen LogP contribution in [0.4, 0.5) is 20.6 Å². The number of benzene rings is 3. The molecule has 3 aromatic carbocycles. The minimum Gasteiger partial charge on any atom is -0.490 e. The number of aliphatic hydroxyl groups excluding tert-OH is 1. The largest absolute Gasteiger partial charge is 0.490 e. The molecular formula is C32H40FN9O7. The fourth-order valence-corrected chi connectivity index (χ4v) is 4.60. The Hall–Kier alpha value is -5.15. The van der Waals surface area contributed by atoms with Crippen LogP contribution in [-0.2, 0) is 25.5 Å². The maximum absolute atomic E-state index is 14.8. The second-order valence-electron chi connectivity index (χ2n) is 10.4. The summed E-state index contributed by atoms with van der Waals surface area (Å²) < 4.78 is 36.1. The van der Waals surface area contributed by atoms with Crippen LogP contribution < -0.4 is 15.4 Å². The third-order valence-electron chi connectivity index (χ3n) is 6.89. The molecule has 0 radical (unpaired) electrons. The predicted octanol–water partition coefficient (Wildman–Crippen LogP) is 5.39. The SMILES string of the molecule is CCOCCOCCOC(=O)NCCN(Cc1cc(F)c(N=[N+]=[N-])c(N=[N+]=[N-])c1)C(=O)CCNC[C@H](O)COc1cccc2ccccc12. The van der Waals surface area contributed by atoms with Crippen molar-refractivity contribution in [2.75, 3.05) is 65.8 Å². The van der Waals surface area contributed by atoms with E-state index >= 15 is 0 Å². The zero-order valence-electron chi connectivity index (χ0n) is 27.2. The van der Waals surface area contributed by atoms with E-state index in [9.17, 15) is 19.1 Å². The smallest absolute Gasteiger partial charge is 0.407 e. The number of carbonyl (C=O) groups is 2. The molecule has 3 rings (SSSR count). The van der Waals surface area contributed by atoms with E-state index in [2.05, 4.69) is 30.7 Å². The number of fused-ring (bicyclic) bond motifs is 1. The molecule has 17 heteroatoms. The number of carbonyl (C=O) groups excluding carboxylic acids is 2. The van der Waals surface area contributed by atoms with E-state index in [1.54, 1.807) is 0 Å². The van der Waals surface area contributed by atoms with Crippen LogP contribution in [0.1, 0.15) is 18.9 Å². The van der Waals surface area contributed by atoms with Crippen molar-refractivity contribution in [2.24, 2.45) is 10.2 Å². The van der Waals surface area contributed by atoms with Gasteiger partial charge in [-0.25, -0.2) is 9.18 Å². The molecule has 0 aliphatic rings. The number of nitrogens with zero attached hydrogens (tertiary/aromatic N) is 7. The van der Waals surface area contributed by atoms with Crippen LogP contribution in [0.3, 0.4) is 0 Å². The minimum atomic E-state index is -0.934. The highest BCUT2D eigenvalue weighted by Gasteiger charge is 2.18. The average molecular weight is 682 g/mol. The maximum atomic E-state index is 14.8. The monoisotopic (exact) mass is 681 g/mol. The lowest BCUT2D eigenvalue weighted by atomic mass is 10.1. The number of rotatable bonds is 22. The Bertz CT molecular complexity index is 1610. The number of nitrogens with one attached hydrogen (secondary N) is 2. The van der Waals surface area contributed by atoms with E-state index in [4.69, 9.17) is 30.0 Å². The molecule has 3 aromatic rings. The molecule has 2 amide bonds. The summed E-state index contributed by atoms with van der Waals surface area (Å²) in [5.41, 5.74) is 17.2. The number of halogens is 1. The first-order valence-corrected chi connectivity index (χ1v) is 15.6. The molecule has 0 aromatic heterocycles. The van der Waals surface area contributed by atoms with Gasteiger partial charge in [0.15, 0.2) is 0 Å². The number of alkyl carbamates (subject to hydrolysis) is 1. The molecule has 0 fully saturated rings. The van der Waals surface area contributed by atoms with E-state index in [0.29, 0.717) is 25.6 Å². The van der Waals surface area contributed by atoms with E-state index in [-0.39, 0.29) is 76.1 Å². The van der Waals surface area contributed by atoms with Crippen molar-refractivity contribution in [1.82, 2.24) is 15.5 Å². The van der Waals surface area contributed by atoms with Crippen LogP contribution in [0.15, 0.2) is 64.8 Å². The van der Waals surface area contributed by atoms with E-state index in [0.717, 1.165) is 16.8 Å². The van der Waals surface area contributed by atoms with Crippen LogP contribution in [0.25, 0.3) is 31.7 Å². The second-order valence-corrected chi connectivity index (χ2v) is 10.4. The summed E-state index contributed by atoms with van der Waals surface area (Å²) >= 11 is 0. The Labute approximate surface area is 282 Å². The van der Waals surface area contributed by atoms with Gasteiger partial charge in [0, 0.05) is 61.0 Å². The first-order chi connectivity index (χ1) is 23.9. The van der Waals surface area contributed by atoms with Crippen molar-refractivity contribution in [3.63, 3.8) is 0 Å². The molecule has 49 heavy (non-hydrogen) atoms. The van der Waals surface area contributed by atoms with Crippen LogP contribution in [0.5, 0.6) is 5.75 Å². The van der Waals surface area contributed by atoms with Crippen molar-refractivity contribution < 1.29 is 38.0 Å². The van der Waals surface area contributed by atoms with Crippen LogP contribution in [0.2, 0.25) is 0 Å². The highest BCUT2D eigenvalue weighted by molar-refractivity contribution is 5.88. The maximum Gasteiger partial charge on any atom is 0.407 e. The zero-order chi connectivity index (χ0) is 35.3. The Morgan fingerprint density at radius 2 is 1.76 bits per heavy atom. The molecular weight excluding hydrogens is 641 g/mol. The highest BCUT2D eigenvalue weighted by atomic mass is 19.1. The summed E-state index contributed by atoms with van der Waals surface area (Å²) in [5, 5.41) is 24.7. The Kier molecular flexibility index (Phi) is 16.9. The van der Waals surface area contributed by atoms with Crippen molar-refractivity contribution in [3.05, 3.63) is 86.9 Å². The molecule has 3 N–H and O–H groups in total. The molecule has 262 valence electrons. The molecule has 16 nitrogen and oxygen atoms in total. The van der Waals surface area contributed by atoms with E-state index in [1.807, 2.05) is 49.4 Å². The summed E-state index contributed by atoms with van der Waals surface area (Å²) in [5.74, 6) is -0.632. The third kappa shape index (κ3) is 13.5. The fraction of sp³-hybridized carbons (Fsp3) is 0.438. The Morgan fingerprint density at radius 1 is 1.00 bits per heavy atom. The average Bonchev–Trinajstić information content (AvgIpc) is 3.10. The minimum absolute atomic E-state index is 0.00290. The summed E-state index contributed by atoms with van der Waals surface area (Å²) in [6.07, 6.45) is -1.56. The van der Waals surface area contributed by atoms with Crippen LogP contribution in [-0.4, -0.2) is 93.9 Å². The Morgan fingerprint density at radius 3 is 2.55 bits per heavy atom. The molecule has 0 bridgehead atoms. The molecule has 0 heterocycles. The summed E-state index contributed by atoms with van der Waals surface area (Å²) in [7, 11) is 0. The number of aliphatic hydroxyl groups is 1. The van der Waals surface area contributed by atoms with Gasteiger partial charge in [0.05, 0.1) is 31.2 Å². The summed E-state index contributed by atoms with van der Waals surface area (Å²) in [6.45, 7) is 3.77. The van der Waals surface area contributed by atoms with Crippen molar-refractivity contribution in [3.8, 4) is 5.75 Å². The molecule has 0 aliphatic heterocycles. The number of hydrogen-bond acceptors (Lipinski definition) is 10. The van der Waals surface area contributed by atoms with Gasteiger partial charge >= 0.3 is 6.09 Å². The van der Waals surface area contributed by atoms with Gasteiger partial charge in [-0.3, -0.25) is 4.79 Å². The lowest BCUT2D eigenvalue weighted by Gasteiger charge is -2.24. The third-order valence-corrected chi connectivity index (χ3v) is 6.89. The lowest BCUT2D eigenvalue weighted by Crippen LogP contribution is -2.40. The van der Waals surface area contributed by atoms with Gasteiger partial charge in [-0.1, -0.05) is 46.6 Å². The fourth-order valence-electron chi connectivity index (χ4n) is 4.60. The zero-order valence-corrected chi connectivity index (χ0v) is 27.2. The quantitative estimate of drug-likeness (QED) is 0.0539. The molecule has 0 spiro atoms. The second kappa shape index (κ2) is 21.7. The summed E-state index contributed by atoms with van der Waals surface area (Å²) in [4.78, 5) is 32.0. The lowest BCUT2D eigenvalue weighted by molar-refractivity contribution is -0.131. The van der Waals surface area contributed by atoms with Crippen molar-refractivity contribution in [2.45, 2.75) is 26.0 Å². The molecule has 0 saturated carbocycles. The highest BCUT2D eigenvalue weighted by Crippen LogP contribution is 2.33. The van der Waals surface area contributed by atoms with Gasteiger partial charge < -0.3 is 39.6 Å². The van der Waals surface area contributed by atoms with Gasteiger partial charge in [0.1, 0.15) is 30.9 Å². The van der Waals surface area contributed by atoms with Gasteiger partial charge in [0.2, 0.25) is 5.91 Å². The van der Waals surface area contributed by atoms with Gasteiger partial charge in [-0.15, -0.1) is 0 Å². The van der Waals surface area contributed by atoms with Crippen LogP contribution in [0, 0.1) is 5.82 Å². The van der Waals surface area contributed by atoms with Crippen molar-refractivity contribution in [1.29, 1.82) is 0 Å². The first kappa shape index (κ1) is 38.3. The number of amides is 2. The molecule has 0 aliphatic carbocycles. The molecule has 1 atom stereocenters. The van der Waals surface area contributed by atoms with E-state index in [1.165, 1.54) is 11.0 Å². The van der Waals surface area contributed by atoms with E-state index < -0.39 is 23.7 Å². The van der Waals surface area contributed by atoms with Gasteiger partial charge in [-0.05, 0) is 47.1 Å². The number of azide groups is 2. The first-order valence-electron chi connectivity index (χ1n) is 15.6. The Balaban J connectivity index is 1.54. The summed E-state index contributed by atoms with van der Waals surface area (Å²) in [6, 6.07) is 15.8. The predicted molar refractivity (Wildman–Crippen MR) is 179 cm³/mol.